The minimum absolute atomic E-state index is 0.129. The van der Waals surface area contributed by atoms with Gasteiger partial charge in [0.15, 0.2) is 0 Å². The lowest BCUT2D eigenvalue weighted by atomic mass is 10.1. The Bertz CT molecular complexity index is 1520. The number of carbonyl (C=O) groups is 2. The number of rotatable bonds is 11. The van der Waals surface area contributed by atoms with Crippen LogP contribution < -0.4 is 9.62 Å². The van der Waals surface area contributed by atoms with Gasteiger partial charge >= 0.3 is 6.18 Å². The number of likely N-dealkylation sites (N-methyl/N-ethyl adjacent to an activating group) is 1. The molecule has 3 aromatic rings. The van der Waals surface area contributed by atoms with E-state index in [2.05, 4.69) is 5.32 Å². The van der Waals surface area contributed by atoms with Gasteiger partial charge in [-0.2, -0.15) is 13.2 Å². The van der Waals surface area contributed by atoms with Crippen LogP contribution in [-0.2, 0) is 32.3 Å². The van der Waals surface area contributed by atoms with Crippen molar-refractivity contribution in [3.63, 3.8) is 0 Å². The van der Waals surface area contributed by atoms with Gasteiger partial charge in [-0.25, -0.2) is 8.42 Å². The van der Waals surface area contributed by atoms with Crippen LogP contribution in [-0.4, -0.2) is 44.3 Å². The zero-order chi connectivity index (χ0) is 31.2. The highest BCUT2D eigenvalue weighted by molar-refractivity contribution is 7.92. The lowest BCUT2D eigenvalue weighted by Crippen LogP contribution is -2.52. The van der Waals surface area contributed by atoms with Crippen molar-refractivity contribution in [2.45, 2.75) is 43.9 Å². The zero-order valence-corrected chi connectivity index (χ0v) is 25.5. The predicted molar refractivity (Wildman–Crippen MR) is 157 cm³/mol. The summed E-state index contributed by atoms with van der Waals surface area (Å²) < 4.78 is 69.4. The molecule has 0 heterocycles. The summed E-state index contributed by atoms with van der Waals surface area (Å²) in [7, 11) is -4.59. The SMILES string of the molecule is CCNC(=O)C(CC)N(Cc1c(Cl)cccc1Cl)C(=O)CN(c1ccc(Cl)c(C(F)(F)F)c1)S(=O)(=O)c1ccccc1. The molecule has 0 saturated heterocycles. The van der Waals surface area contributed by atoms with Gasteiger partial charge in [-0.05, 0) is 55.8 Å². The maximum absolute atomic E-state index is 14.0. The van der Waals surface area contributed by atoms with Crippen LogP contribution >= 0.6 is 34.8 Å². The van der Waals surface area contributed by atoms with Crippen LogP contribution in [0.3, 0.4) is 0 Å². The average Bonchev–Trinajstić information content (AvgIpc) is 2.93. The lowest BCUT2D eigenvalue weighted by molar-refractivity contribution is -0.140. The van der Waals surface area contributed by atoms with Crippen LogP contribution in [0.5, 0.6) is 0 Å². The third-order valence-corrected chi connectivity index (χ3v) is 9.11. The summed E-state index contributed by atoms with van der Waals surface area (Å²) in [5.41, 5.74) is -1.43. The largest absolute Gasteiger partial charge is 0.417 e. The summed E-state index contributed by atoms with van der Waals surface area (Å²) in [6.45, 7) is 2.37. The van der Waals surface area contributed by atoms with Crippen molar-refractivity contribution >= 4 is 62.3 Å². The first-order chi connectivity index (χ1) is 19.7. The molecule has 2 amide bonds. The second-order valence-corrected chi connectivity index (χ2v) is 12.1. The van der Waals surface area contributed by atoms with Gasteiger partial charge in [0.2, 0.25) is 11.8 Å². The van der Waals surface area contributed by atoms with Crippen LogP contribution in [0.15, 0.2) is 71.6 Å². The first-order valence-corrected chi connectivity index (χ1v) is 15.2. The van der Waals surface area contributed by atoms with Gasteiger partial charge in [0.05, 0.1) is 21.2 Å². The number of nitrogens with zero attached hydrogens (tertiary/aromatic N) is 2. The summed E-state index contributed by atoms with van der Waals surface area (Å²) in [5, 5.41) is 2.40. The number of anilines is 1. The summed E-state index contributed by atoms with van der Waals surface area (Å²) in [6.07, 6.45) is -4.78. The molecule has 0 aromatic heterocycles. The van der Waals surface area contributed by atoms with Crippen molar-refractivity contribution in [1.29, 1.82) is 0 Å². The highest BCUT2D eigenvalue weighted by Crippen LogP contribution is 2.38. The number of sulfonamides is 1. The van der Waals surface area contributed by atoms with E-state index < -0.39 is 56.9 Å². The molecule has 3 aromatic carbocycles. The molecule has 1 unspecified atom stereocenters. The maximum Gasteiger partial charge on any atom is 0.417 e. The third kappa shape index (κ3) is 7.69. The standard InChI is InChI=1S/C28H27Cl3F3N3O4S/c1-3-25(27(39)35-4-2)36(16-20-22(29)11-8-12-23(20)30)26(38)17-37(42(40,41)19-9-6-5-7-10-19)18-13-14-24(31)21(15-18)28(32,33)34/h5-15,25H,3-4,16-17H2,1-2H3,(H,35,39). The Morgan fingerprint density at radius 3 is 2.07 bits per heavy atom. The molecule has 14 heteroatoms. The Kier molecular flexibility index (Phi) is 11.2. The molecule has 0 fully saturated rings. The number of hydrogen-bond donors (Lipinski definition) is 1. The van der Waals surface area contributed by atoms with Crippen LogP contribution in [0.2, 0.25) is 15.1 Å². The molecule has 0 spiro atoms. The molecule has 0 bridgehead atoms. The summed E-state index contributed by atoms with van der Waals surface area (Å²) in [6, 6.07) is 13.1. The number of hydrogen-bond acceptors (Lipinski definition) is 4. The number of halogens is 6. The predicted octanol–water partition coefficient (Wildman–Crippen LogP) is 6.80. The van der Waals surface area contributed by atoms with Crippen molar-refractivity contribution in [2.24, 2.45) is 0 Å². The van der Waals surface area contributed by atoms with Crippen molar-refractivity contribution in [1.82, 2.24) is 10.2 Å². The van der Waals surface area contributed by atoms with Crippen LogP contribution in [0.25, 0.3) is 0 Å². The second-order valence-electron chi connectivity index (χ2n) is 9.03. The van der Waals surface area contributed by atoms with E-state index in [1.807, 2.05) is 0 Å². The van der Waals surface area contributed by atoms with Gasteiger partial charge in [0.25, 0.3) is 10.0 Å². The van der Waals surface area contributed by atoms with E-state index in [9.17, 15) is 31.2 Å². The first kappa shape index (κ1) is 33.5. The van der Waals surface area contributed by atoms with Crippen LogP contribution in [0, 0.1) is 0 Å². The van der Waals surface area contributed by atoms with E-state index in [0.29, 0.717) is 15.9 Å². The molecule has 3 rings (SSSR count). The lowest BCUT2D eigenvalue weighted by Gasteiger charge is -2.33. The van der Waals surface area contributed by atoms with Gasteiger partial charge in [-0.1, -0.05) is 66.0 Å². The first-order valence-electron chi connectivity index (χ1n) is 12.7. The van der Waals surface area contributed by atoms with E-state index >= 15 is 0 Å². The fourth-order valence-electron chi connectivity index (χ4n) is 4.20. The molecule has 0 aliphatic rings. The van der Waals surface area contributed by atoms with Crippen molar-refractivity contribution in [3.05, 3.63) is 92.9 Å². The van der Waals surface area contributed by atoms with Gasteiger partial charge < -0.3 is 10.2 Å². The Morgan fingerprint density at radius 2 is 1.52 bits per heavy atom. The fourth-order valence-corrected chi connectivity index (χ4v) is 6.37. The molecule has 7 nitrogen and oxygen atoms in total. The Labute approximate surface area is 257 Å². The number of nitrogens with one attached hydrogen (secondary N) is 1. The van der Waals surface area contributed by atoms with E-state index in [1.165, 1.54) is 36.4 Å². The highest BCUT2D eigenvalue weighted by Gasteiger charge is 2.37. The normalized spacial score (nSPS) is 12.5. The summed E-state index contributed by atoms with van der Waals surface area (Å²) in [4.78, 5) is 27.9. The fraction of sp³-hybridized carbons (Fsp3) is 0.286. The quantitative estimate of drug-likeness (QED) is 0.244. The number of benzene rings is 3. The molecule has 1 N–H and O–H groups in total. The van der Waals surface area contributed by atoms with Crippen LogP contribution in [0.4, 0.5) is 18.9 Å². The monoisotopic (exact) mass is 663 g/mol. The van der Waals surface area contributed by atoms with Crippen molar-refractivity contribution in [2.75, 3.05) is 17.4 Å². The molecular formula is C28H27Cl3F3N3O4S. The molecule has 0 saturated carbocycles. The number of alkyl halides is 3. The highest BCUT2D eigenvalue weighted by atomic mass is 35.5. The van der Waals surface area contributed by atoms with E-state index in [-0.39, 0.29) is 34.5 Å². The Hall–Kier alpha value is -2.99. The van der Waals surface area contributed by atoms with Gasteiger partial charge in [0.1, 0.15) is 12.6 Å². The molecule has 0 aliphatic heterocycles. The zero-order valence-electron chi connectivity index (χ0n) is 22.5. The van der Waals surface area contributed by atoms with Crippen molar-refractivity contribution in [3.8, 4) is 0 Å². The minimum atomic E-state index is -4.91. The van der Waals surface area contributed by atoms with Crippen LogP contribution in [0.1, 0.15) is 31.4 Å². The number of amides is 2. The molecule has 0 radical (unpaired) electrons. The molecule has 226 valence electrons. The van der Waals surface area contributed by atoms with E-state index in [4.69, 9.17) is 34.8 Å². The Balaban J connectivity index is 2.17. The number of carbonyl (C=O) groups excluding carboxylic acids is 2. The summed E-state index contributed by atoms with van der Waals surface area (Å²) >= 11 is 18.5. The third-order valence-electron chi connectivity index (χ3n) is 6.28. The molecular weight excluding hydrogens is 638 g/mol. The van der Waals surface area contributed by atoms with Gasteiger partial charge in [0, 0.05) is 28.7 Å². The van der Waals surface area contributed by atoms with E-state index in [0.717, 1.165) is 17.0 Å². The van der Waals surface area contributed by atoms with E-state index in [1.54, 1.807) is 26.0 Å². The average molecular weight is 665 g/mol. The maximum atomic E-state index is 14.0. The molecule has 0 aliphatic carbocycles. The van der Waals surface area contributed by atoms with Gasteiger partial charge in [-0.3, -0.25) is 13.9 Å². The van der Waals surface area contributed by atoms with Crippen molar-refractivity contribution < 1.29 is 31.2 Å². The topological polar surface area (TPSA) is 86.8 Å². The molecule has 1 atom stereocenters. The van der Waals surface area contributed by atoms with Gasteiger partial charge in [-0.15, -0.1) is 0 Å². The second kappa shape index (κ2) is 14.0. The minimum Gasteiger partial charge on any atom is -0.355 e. The molecule has 42 heavy (non-hydrogen) atoms. The summed E-state index contributed by atoms with van der Waals surface area (Å²) in [5.74, 6) is -1.40. The Morgan fingerprint density at radius 1 is 0.905 bits per heavy atom. The smallest absolute Gasteiger partial charge is 0.355 e.